The molecule has 0 aliphatic carbocycles. The summed E-state index contributed by atoms with van der Waals surface area (Å²) in [4.78, 5) is 17.1. The third-order valence-electron chi connectivity index (χ3n) is 6.82. The molecule has 1 heterocycles. The summed E-state index contributed by atoms with van der Waals surface area (Å²) in [6.45, 7) is 5.06. The molecule has 0 atom stereocenters. The second-order valence-electron chi connectivity index (χ2n) is 10.2. The van der Waals surface area contributed by atoms with Crippen molar-refractivity contribution in [1.29, 1.82) is 0 Å². The molecule has 2 amide bonds. The first kappa shape index (κ1) is 33.5. The molecule has 1 saturated heterocycles. The molecule has 1 fully saturated rings. The van der Waals surface area contributed by atoms with Crippen molar-refractivity contribution in [2.24, 2.45) is 0 Å². The summed E-state index contributed by atoms with van der Waals surface area (Å²) in [5.74, 6) is 0.865. The number of nitrogens with zero attached hydrogens (tertiary/aromatic N) is 2. The molecule has 0 aromatic heterocycles. The van der Waals surface area contributed by atoms with E-state index in [9.17, 15) is 17.6 Å². The molecule has 2 N–H and O–H groups in total. The van der Waals surface area contributed by atoms with Gasteiger partial charge in [-0.2, -0.15) is 0 Å². The van der Waals surface area contributed by atoms with Crippen LogP contribution in [0.5, 0.6) is 11.5 Å². The molecule has 3 aromatic carbocycles. The smallest absolute Gasteiger partial charge is 0.322 e. The number of carbonyl (C=O) groups excluding carboxylic acids is 1. The lowest BCUT2D eigenvalue weighted by Gasteiger charge is -2.34. The zero-order chi connectivity index (χ0) is 29.4. The van der Waals surface area contributed by atoms with Gasteiger partial charge in [-0.25, -0.2) is 17.6 Å². The van der Waals surface area contributed by atoms with Gasteiger partial charge in [-0.15, -0.1) is 12.4 Å². The van der Waals surface area contributed by atoms with Crippen molar-refractivity contribution in [3.05, 3.63) is 83.1 Å². The van der Waals surface area contributed by atoms with Crippen molar-refractivity contribution in [2.75, 3.05) is 35.5 Å². The van der Waals surface area contributed by atoms with Gasteiger partial charge in [0.2, 0.25) is 10.0 Å². The molecular weight excluding hydrogens is 602 g/mol. The summed E-state index contributed by atoms with van der Waals surface area (Å²) >= 11 is 6.26. The molecule has 3 aromatic rings. The van der Waals surface area contributed by atoms with Gasteiger partial charge in [-0.1, -0.05) is 37.1 Å². The summed E-state index contributed by atoms with van der Waals surface area (Å²) in [7, 11) is -3.32. The lowest BCUT2D eigenvalue weighted by atomic mass is 10.0. The van der Waals surface area contributed by atoms with Crippen LogP contribution < -0.4 is 19.7 Å². The Morgan fingerprint density at radius 3 is 2.24 bits per heavy atom. The highest BCUT2D eigenvalue weighted by Gasteiger charge is 2.25. The number of rotatable bonds is 11. The van der Waals surface area contributed by atoms with Crippen LogP contribution in [0.2, 0.25) is 5.02 Å². The molecular formula is C30H37Cl2FN4O4S. The monoisotopic (exact) mass is 638 g/mol. The third kappa shape index (κ3) is 10.0. The van der Waals surface area contributed by atoms with Crippen LogP contribution in [0.1, 0.15) is 38.2 Å². The molecule has 0 bridgehead atoms. The van der Waals surface area contributed by atoms with E-state index in [-0.39, 0.29) is 29.5 Å². The first-order valence-electron chi connectivity index (χ1n) is 13.7. The van der Waals surface area contributed by atoms with Gasteiger partial charge in [-0.3, -0.25) is 14.5 Å². The number of piperidine rings is 1. The number of benzene rings is 3. The van der Waals surface area contributed by atoms with E-state index in [1.54, 1.807) is 35.2 Å². The van der Waals surface area contributed by atoms with Gasteiger partial charge in [0.15, 0.2) is 0 Å². The van der Waals surface area contributed by atoms with Crippen LogP contribution in [-0.4, -0.2) is 51.3 Å². The van der Waals surface area contributed by atoms with Gasteiger partial charge in [0.05, 0.1) is 17.0 Å². The molecule has 228 valence electrons. The minimum Gasteiger partial charge on any atom is -0.457 e. The fraction of sp³-hybridized carbons (Fsp3) is 0.367. The van der Waals surface area contributed by atoms with E-state index >= 15 is 0 Å². The Labute approximate surface area is 258 Å². The SMILES string of the molecule is CCCCN(C(=O)NC1CCN(Cc2ccc(Oc3ccc(NS(C)(=O)=O)cc3)cc2)CC1)c1ccc(F)cc1Cl.Cl. The lowest BCUT2D eigenvalue weighted by Crippen LogP contribution is -2.49. The number of urea groups is 1. The highest BCUT2D eigenvalue weighted by atomic mass is 35.5. The van der Waals surface area contributed by atoms with E-state index in [0.717, 1.165) is 57.1 Å². The van der Waals surface area contributed by atoms with Gasteiger partial charge < -0.3 is 10.1 Å². The average Bonchev–Trinajstić information content (AvgIpc) is 2.92. The molecule has 42 heavy (non-hydrogen) atoms. The van der Waals surface area contributed by atoms with Crippen molar-refractivity contribution in [3.8, 4) is 11.5 Å². The Morgan fingerprint density at radius 1 is 1.05 bits per heavy atom. The quantitative estimate of drug-likeness (QED) is 0.235. The fourth-order valence-electron chi connectivity index (χ4n) is 4.70. The molecule has 8 nitrogen and oxygen atoms in total. The second-order valence-corrected chi connectivity index (χ2v) is 12.4. The summed E-state index contributed by atoms with van der Waals surface area (Å²) < 4.78 is 44.6. The van der Waals surface area contributed by atoms with Crippen LogP contribution in [0.3, 0.4) is 0 Å². The Kier molecular flexibility index (Phi) is 12.3. The van der Waals surface area contributed by atoms with Crippen molar-refractivity contribution < 1.29 is 22.3 Å². The van der Waals surface area contributed by atoms with Crippen molar-refractivity contribution in [2.45, 2.75) is 45.2 Å². The summed E-state index contributed by atoms with van der Waals surface area (Å²) in [5.41, 5.74) is 2.15. The summed E-state index contributed by atoms with van der Waals surface area (Å²) in [5, 5.41) is 3.38. The average molecular weight is 640 g/mol. The molecule has 12 heteroatoms. The van der Waals surface area contributed by atoms with Crippen molar-refractivity contribution >= 4 is 51.4 Å². The maximum Gasteiger partial charge on any atom is 0.322 e. The van der Waals surface area contributed by atoms with Crippen LogP contribution in [-0.2, 0) is 16.6 Å². The maximum absolute atomic E-state index is 13.6. The van der Waals surface area contributed by atoms with Gasteiger partial charge in [0.1, 0.15) is 17.3 Å². The molecule has 1 aliphatic heterocycles. The number of amides is 2. The molecule has 1 aliphatic rings. The minimum atomic E-state index is -3.32. The minimum absolute atomic E-state index is 0. The highest BCUT2D eigenvalue weighted by Crippen LogP contribution is 2.28. The Balaban J connectivity index is 0.00000484. The Morgan fingerprint density at radius 2 is 1.67 bits per heavy atom. The highest BCUT2D eigenvalue weighted by molar-refractivity contribution is 7.92. The van der Waals surface area contributed by atoms with Crippen LogP contribution in [0.4, 0.5) is 20.6 Å². The van der Waals surface area contributed by atoms with Crippen LogP contribution >= 0.6 is 24.0 Å². The van der Waals surface area contributed by atoms with E-state index in [2.05, 4.69) is 21.9 Å². The predicted octanol–water partition coefficient (Wildman–Crippen LogP) is 7.05. The van der Waals surface area contributed by atoms with Crippen LogP contribution in [0.15, 0.2) is 66.7 Å². The normalized spacial score (nSPS) is 14.1. The van der Waals surface area contributed by atoms with Crippen LogP contribution in [0.25, 0.3) is 0 Å². The number of hydrogen-bond acceptors (Lipinski definition) is 5. The maximum atomic E-state index is 13.6. The number of nitrogens with one attached hydrogen (secondary N) is 2. The number of anilines is 2. The molecule has 0 radical (unpaired) electrons. The standard InChI is InChI=1S/C30H36ClFN4O4S.ClH/c1-3-4-17-36(29-14-7-23(32)20-28(29)31)30(37)33-24-15-18-35(19-16-24)21-22-5-10-26(11-6-22)40-27-12-8-25(9-13-27)34-41(2,38)39;/h5-14,20,24,34H,3-4,15-19,21H2,1-2H3,(H,33,37);1H. The van der Waals surface area contributed by atoms with E-state index in [1.165, 1.54) is 12.1 Å². The number of sulfonamides is 1. The Hall–Kier alpha value is -3.05. The molecule has 4 rings (SSSR count). The molecule has 0 spiro atoms. The van der Waals surface area contributed by atoms with Gasteiger partial charge in [-0.05, 0) is 79.4 Å². The Bertz CT molecular complexity index is 1420. The first-order valence-corrected chi connectivity index (χ1v) is 16.0. The molecule has 0 unspecified atom stereocenters. The predicted molar refractivity (Wildman–Crippen MR) is 169 cm³/mol. The van der Waals surface area contributed by atoms with E-state index in [1.807, 2.05) is 24.3 Å². The number of ether oxygens (including phenoxy) is 1. The van der Waals surface area contributed by atoms with E-state index in [4.69, 9.17) is 16.3 Å². The number of likely N-dealkylation sites (tertiary alicyclic amines) is 1. The number of hydrogen-bond donors (Lipinski definition) is 2. The largest absolute Gasteiger partial charge is 0.457 e. The van der Waals surface area contributed by atoms with Crippen LogP contribution in [0, 0.1) is 5.82 Å². The fourth-order valence-corrected chi connectivity index (χ4v) is 5.53. The zero-order valence-corrected chi connectivity index (χ0v) is 26.1. The number of halogens is 3. The zero-order valence-electron chi connectivity index (χ0n) is 23.7. The topological polar surface area (TPSA) is 91.0 Å². The van der Waals surface area contributed by atoms with E-state index < -0.39 is 15.8 Å². The third-order valence-corrected chi connectivity index (χ3v) is 7.73. The molecule has 0 saturated carbocycles. The van der Waals surface area contributed by atoms with E-state index in [0.29, 0.717) is 29.4 Å². The van der Waals surface area contributed by atoms with Crippen molar-refractivity contribution in [3.63, 3.8) is 0 Å². The first-order chi connectivity index (χ1) is 19.6. The van der Waals surface area contributed by atoms with Crippen molar-refractivity contribution in [1.82, 2.24) is 10.2 Å². The lowest BCUT2D eigenvalue weighted by molar-refractivity contribution is 0.188. The summed E-state index contributed by atoms with van der Waals surface area (Å²) in [6, 6.07) is 18.6. The number of unbranched alkanes of at least 4 members (excludes halogenated alkanes) is 1. The van der Waals surface area contributed by atoms with Gasteiger partial charge in [0, 0.05) is 37.9 Å². The summed E-state index contributed by atoms with van der Waals surface area (Å²) in [6.07, 6.45) is 4.51. The van der Waals surface area contributed by atoms with Gasteiger partial charge >= 0.3 is 6.03 Å². The number of carbonyl (C=O) groups is 1. The van der Waals surface area contributed by atoms with Gasteiger partial charge in [0.25, 0.3) is 0 Å². The second kappa shape index (κ2) is 15.4.